The van der Waals surface area contributed by atoms with Gasteiger partial charge in [-0.1, -0.05) is 37.6 Å². The molecule has 154 valence electrons. The van der Waals surface area contributed by atoms with Gasteiger partial charge in [0.25, 0.3) is 0 Å². The van der Waals surface area contributed by atoms with Crippen LogP contribution in [0.25, 0.3) is 0 Å². The van der Waals surface area contributed by atoms with Crippen LogP contribution >= 0.6 is 22.9 Å². The van der Waals surface area contributed by atoms with Gasteiger partial charge in [0, 0.05) is 27.4 Å². The van der Waals surface area contributed by atoms with Crippen molar-refractivity contribution in [1.29, 1.82) is 5.26 Å². The first-order valence-corrected chi connectivity index (χ1v) is 11.1. The lowest BCUT2D eigenvalue weighted by Gasteiger charge is -2.44. The second-order valence-corrected chi connectivity index (χ2v) is 10.7. The van der Waals surface area contributed by atoms with Gasteiger partial charge in [-0.2, -0.15) is 5.26 Å². The van der Waals surface area contributed by atoms with E-state index in [2.05, 4.69) is 26.0 Å². The number of benzene rings is 1. The topological polar surface area (TPSA) is 70.1 Å². The minimum Gasteiger partial charge on any atom is -0.384 e. The summed E-state index contributed by atoms with van der Waals surface area (Å²) in [5.41, 5.74) is 10.1. The van der Waals surface area contributed by atoms with E-state index in [-0.39, 0.29) is 11.2 Å². The second kappa shape index (κ2) is 7.30. The highest BCUT2D eigenvalue weighted by Crippen LogP contribution is 2.51. The number of nitrogens with zero attached hydrogens (tertiary/aromatic N) is 2. The van der Waals surface area contributed by atoms with E-state index in [1.54, 1.807) is 17.4 Å². The van der Waals surface area contributed by atoms with Gasteiger partial charge in [-0.25, -0.2) is 0 Å². The van der Waals surface area contributed by atoms with Crippen LogP contribution in [-0.2, 0) is 4.79 Å². The molecule has 2 heterocycles. The van der Waals surface area contributed by atoms with E-state index in [1.165, 1.54) is 0 Å². The molecule has 0 saturated carbocycles. The second-order valence-electron chi connectivity index (χ2n) is 8.80. The summed E-state index contributed by atoms with van der Waals surface area (Å²) in [7, 11) is 0. The zero-order chi connectivity index (χ0) is 21.8. The van der Waals surface area contributed by atoms with Gasteiger partial charge in [0.2, 0.25) is 0 Å². The number of thiophene rings is 1. The molecule has 0 unspecified atom stereocenters. The number of rotatable bonds is 2. The quantitative estimate of drug-likeness (QED) is 0.629. The predicted molar refractivity (Wildman–Crippen MR) is 122 cm³/mol. The molecule has 2 aromatic rings. The fraction of sp³-hybridized carbons (Fsp3) is 0.333. The van der Waals surface area contributed by atoms with Crippen molar-refractivity contribution < 1.29 is 4.79 Å². The van der Waals surface area contributed by atoms with Crippen molar-refractivity contribution in [2.45, 2.75) is 46.5 Å². The first-order chi connectivity index (χ1) is 14.1. The molecule has 1 atom stereocenters. The fourth-order valence-corrected chi connectivity index (χ4v) is 5.85. The number of carbonyl (C=O) groups excluding carboxylic acids is 1. The summed E-state index contributed by atoms with van der Waals surface area (Å²) in [5.74, 6) is -0.00722. The maximum atomic E-state index is 13.5. The van der Waals surface area contributed by atoms with E-state index >= 15 is 0 Å². The number of halogens is 1. The SMILES string of the molecule is Cc1cc([C@@H]2C(C#N)=C(N)N(c3ccccc3Cl)C3=C2C(=O)CC(C)(C)C3)c(C)s1. The van der Waals surface area contributed by atoms with Gasteiger partial charge < -0.3 is 5.73 Å². The Balaban J connectivity index is 2.04. The van der Waals surface area contributed by atoms with Gasteiger partial charge in [-0.15, -0.1) is 11.3 Å². The molecule has 0 bridgehead atoms. The van der Waals surface area contributed by atoms with Crippen LogP contribution in [-0.4, -0.2) is 5.78 Å². The molecule has 4 nitrogen and oxygen atoms in total. The predicted octanol–water partition coefficient (Wildman–Crippen LogP) is 5.96. The Kier molecular flexibility index (Phi) is 5.04. The van der Waals surface area contributed by atoms with Crippen LogP contribution in [0.5, 0.6) is 0 Å². The highest BCUT2D eigenvalue weighted by molar-refractivity contribution is 7.12. The number of aryl methyl sites for hydroxylation is 2. The number of para-hydroxylation sites is 1. The molecule has 2 N–H and O–H groups in total. The molecule has 1 aromatic heterocycles. The minimum absolute atomic E-state index is 0.0757. The van der Waals surface area contributed by atoms with Gasteiger partial charge in [0.15, 0.2) is 5.78 Å². The number of nitrogens with two attached hydrogens (primary N) is 1. The third kappa shape index (κ3) is 3.25. The molecular weight excluding hydrogens is 414 g/mol. The summed E-state index contributed by atoms with van der Waals surface area (Å²) in [4.78, 5) is 17.6. The average molecular weight is 438 g/mol. The van der Waals surface area contributed by atoms with E-state index in [4.69, 9.17) is 17.3 Å². The summed E-state index contributed by atoms with van der Waals surface area (Å²) in [6.45, 7) is 8.26. The molecule has 6 heteroatoms. The molecule has 2 aliphatic rings. The normalized spacial score (nSPS) is 21.0. The van der Waals surface area contributed by atoms with Crippen molar-refractivity contribution in [2.24, 2.45) is 11.1 Å². The molecule has 0 radical (unpaired) electrons. The van der Waals surface area contributed by atoms with Crippen molar-refractivity contribution in [3.63, 3.8) is 0 Å². The van der Waals surface area contributed by atoms with Crippen LogP contribution in [0.1, 0.15) is 47.9 Å². The number of carbonyl (C=O) groups is 1. The largest absolute Gasteiger partial charge is 0.384 e. The zero-order valence-corrected chi connectivity index (χ0v) is 19.1. The highest BCUT2D eigenvalue weighted by atomic mass is 35.5. The summed E-state index contributed by atoms with van der Waals surface area (Å²) >= 11 is 8.20. The van der Waals surface area contributed by atoms with E-state index in [9.17, 15) is 10.1 Å². The summed E-state index contributed by atoms with van der Waals surface area (Å²) in [5, 5.41) is 10.7. The molecule has 1 aromatic carbocycles. The number of allylic oxidation sites excluding steroid dienone is 3. The standard InChI is InChI=1S/C24H24ClN3OS/c1-13-9-15(14(2)30-13)21-16(12-26)23(27)28(18-8-6-5-7-17(18)25)19-10-24(3,4)11-20(29)22(19)21/h5-9,21H,10-11,27H2,1-4H3/t21-/m1/s1. The Hall–Kier alpha value is -2.55. The Morgan fingerprint density at radius 1 is 1.27 bits per heavy atom. The van der Waals surface area contributed by atoms with Crippen molar-refractivity contribution in [2.75, 3.05) is 4.90 Å². The molecule has 0 amide bonds. The van der Waals surface area contributed by atoms with Gasteiger partial charge >= 0.3 is 0 Å². The molecule has 4 rings (SSSR count). The number of anilines is 1. The molecule has 0 fully saturated rings. The molecule has 30 heavy (non-hydrogen) atoms. The van der Waals surface area contributed by atoms with Gasteiger partial charge in [0.05, 0.1) is 28.3 Å². The number of nitriles is 1. The molecule has 1 aliphatic carbocycles. The lowest BCUT2D eigenvalue weighted by atomic mass is 9.68. The van der Waals surface area contributed by atoms with E-state index in [0.29, 0.717) is 40.5 Å². The average Bonchev–Trinajstić information content (AvgIpc) is 2.99. The van der Waals surface area contributed by atoms with Crippen LogP contribution < -0.4 is 10.6 Å². The number of hydrogen-bond acceptors (Lipinski definition) is 5. The zero-order valence-electron chi connectivity index (χ0n) is 17.5. The van der Waals surface area contributed by atoms with Crippen LogP contribution in [0.4, 0.5) is 5.69 Å². The summed E-state index contributed by atoms with van der Waals surface area (Å²) in [6, 6.07) is 11.8. The van der Waals surface area contributed by atoms with Crippen molar-refractivity contribution in [3.05, 3.63) is 73.3 Å². The monoisotopic (exact) mass is 437 g/mol. The van der Waals surface area contributed by atoms with Crippen LogP contribution in [0.2, 0.25) is 5.02 Å². The van der Waals surface area contributed by atoms with E-state index in [1.807, 2.05) is 36.9 Å². The van der Waals surface area contributed by atoms with Crippen molar-refractivity contribution in [1.82, 2.24) is 0 Å². The summed E-state index contributed by atoms with van der Waals surface area (Å²) < 4.78 is 0. The molecule has 0 saturated heterocycles. The maximum absolute atomic E-state index is 13.5. The minimum atomic E-state index is -0.433. The van der Waals surface area contributed by atoms with Crippen molar-refractivity contribution >= 4 is 34.4 Å². The Bertz CT molecular complexity index is 1170. The Labute approximate surface area is 186 Å². The fourth-order valence-electron chi connectivity index (χ4n) is 4.67. The van der Waals surface area contributed by atoms with Gasteiger partial charge in [0.1, 0.15) is 5.82 Å². The van der Waals surface area contributed by atoms with Crippen molar-refractivity contribution in [3.8, 4) is 6.07 Å². The molecular formula is C24H24ClN3OS. The van der Waals surface area contributed by atoms with Gasteiger partial charge in [-0.05, 0) is 49.4 Å². The van der Waals surface area contributed by atoms with Crippen LogP contribution in [0.3, 0.4) is 0 Å². The number of ketones is 1. The Morgan fingerprint density at radius 2 is 1.97 bits per heavy atom. The number of hydrogen-bond donors (Lipinski definition) is 1. The van der Waals surface area contributed by atoms with Crippen LogP contribution in [0.15, 0.2) is 53.0 Å². The highest BCUT2D eigenvalue weighted by Gasteiger charge is 2.45. The first kappa shape index (κ1) is 20.7. The third-order valence-corrected chi connectivity index (χ3v) is 7.17. The maximum Gasteiger partial charge on any atom is 0.162 e. The lowest BCUT2D eigenvalue weighted by molar-refractivity contribution is -0.118. The van der Waals surface area contributed by atoms with Gasteiger partial charge in [-0.3, -0.25) is 9.69 Å². The lowest BCUT2D eigenvalue weighted by Crippen LogP contribution is -2.42. The first-order valence-electron chi connectivity index (χ1n) is 9.92. The summed E-state index contributed by atoms with van der Waals surface area (Å²) in [6.07, 6.45) is 1.12. The molecule has 0 spiro atoms. The number of Topliss-reactive ketones (excluding diaryl/α,β-unsaturated/α-hetero) is 1. The van der Waals surface area contributed by atoms with E-state index < -0.39 is 5.92 Å². The van der Waals surface area contributed by atoms with E-state index in [0.717, 1.165) is 21.0 Å². The Morgan fingerprint density at radius 3 is 2.57 bits per heavy atom. The van der Waals surface area contributed by atoms with Crippen LogP contribution in [0, 0.1) is 30.6 Å². The smallest absolute Gasteiger partial charge is 0.162 e. The molecule has 1 aliphatic heterocycles. The third-order valence-electron chi connectivity index (χ3n) is 5.86.